The Kier molecular flexibility index (Phi) is 6.56. The van der Waals surface area contributed by atoms with E-state index >= 15 is 0 Å². The molecule has 3 nitrogen and oxygen atoms in total. The number of amides is 1. The molecule has 0 fully saturated rings. The van der Waals surface area contributed by atoms with Crippen molar-refractivity contribution in [3.05, 3.63) is 29.3 Å². The number of benzene rings is 1. The van der Waals surface area contributed by atoms with E-state index in [0.29, 0.717) is 6.42 Å². The van der Waals surface area contributed by atoms with Gasteiger partial charge in [-0.1, -0.05) is 32.4 Å². The van der Waals surface area contributed by atoms with Crippen molar-refractivity contribution in [2.45, 2.75) is 66.0 Å². The lowest BCUT2D eigenvalue weighted by Gasteiger charge is -2.21. The average molecular weight is 277 g/mol. The third-order valence-corrected chi connectivity index (χ3v) is 3.39. The van der Waals surface area contributed by atoms with Gasteiger partial charge in [-0.05, 0) is 50.8 Å². The van der Waals surface area contributed by atoms with Crippen molar-refractivity contribution < 1.29 is 9.53 Å². The highest BCUT2D eigenvalue weighted by molar-refractivity contribution is 5.81. The Morgan fingerprint density at radius 2 is 2.00 bits per heavy atom. The van der Waals surface area contributed by atoms with Crippen molar-refractivity contribution in [2.24, 2.45) is 0 Å². The van der Waals surface area contributed by atoms with Crippen LogP contribution in [0.5, 0.6) is 5.75 Å². The van der Waals surface area contributed by atoms with Gasteiger partial charge in [-0.2, -0.15) is 0 Å². The molecule has 1 amide bonds. The van der Waals surface area contributed by atoms with Gasteiger partial charge in [-0.3, -0.25) is 4.79 Å². The number of hydrogen-bond donors (Lipinski definition) is 1. The average Bonchev–Trinajstić information content (AvgIpc) is 2.39. The minimum atomic E-state index is -0.421. The van der Waals surface area contributed by atoms with E-state index in [2.05, 4.69) is 12.2 Å². The quantitative estimate of drug-likeness (QED) is 0.824. The Hall–Kier alpha value is -1.51. The number of ether oxygens (including phenoxy) is 1. The summed E-state index contributed by atoms with van der Waals surface area (Å²) in [5, 5.41) is 3.02. The van der Waals surface area contributed by atoms with Crippen LogP contribution in [0.4, 0.5) is 0 Å². The fourth-order valence-electron chi connectivity index (χ4n) is 2.15. The summed E-state index contributed by atoms with van der Waals surface area (Å²) in [7, 11) is 0. The maximum atomic E-state index is 12.2. The van der Waals surface area contributed by atoms with Crippen LogP contribution in [-0.4, -0.2) is 18.1 Å². The van der Waals surface area contributed by atoms with Crippen molar-refractivity contribution in [3.8, 4) is 5.75 Å². The first-order chi connectivity index (χ1) is 9.47. The number of carbonyl (C=O) groups excluding carboxylic acids is 1. The van der Waals surface area contributed by atoms with Crippen molar-refractivity contribution in [1.82, 2.24) is 5.32 Å². The Morgan fingerprint density at radius 1 is 1.30 bits per heavy atom. The third-order valence-electron chi connectivity index (χ3n) is 3.39. The van der Waals surface area contributed by atoms with Crippen molar-refractivity contribution in [3.63, 3.8) is 0 Å². The molecule has 0 heterocycles. The van der Waals surface area contributed by atoms with Crippen LogP contribution >= 0.6 is 0 Å². The molecule has 20 heavy (non-hydrogen) atoms. The summed E-state index contributed by atoms with van der Waals surface area (Å²) >= 11 is 0. The van der Waals surface area contributed by atoms with E-state index in [1.807, 2.05) is 45.9 Å². The maximum absolute atomic E-state index is 12.2. The van der Waals surface area contributed by atoms with Crippen molar-refractivity contribution in [2.75, 3.05) is 0 Å². The van der Waals surface area contributed by atoms with Crippen LogP contribution < -0.4 is 10.1 Å². The molecule has 1 rings (SSSR count). The predicted octanol–water partition coefficient (Wildman–Crippen LogP) is 3.77. The molecular weight excluding hydrogens is 250 g/mol. The van der Waals surface area contributed by atoms with Crippen LogP contribution in [0.1, 0.15) is 51.2 Å². The van der Waals surface area contributed by atoms with Crippen LogP contribution in [0, 0.1) is 13.8 Å². The van der Waals surface area contributed by atoms with E-state index in [4.69, 9.17) is 4.74 Å². The second-order valence-electron chi connectivity index (χ2n) is 5.48. The smallest absolute Gasteiger partial charge is 0.261 e. The molecule has 0 aliphatic rings. The lowest BCUT2D eigenvalue weighted by molar-refractivity contribution is -0.128. The highest BCUT2D eigenvalue weighted by atomic mass is 16.5. The summed E-state index contributed by atoms with van der Waals surface area (Å²) in [6, 6.07) is 6.26. The number of aryl methyl sites for hydroxylation is 2. The van der Waals surface area contributed by atoms with Gasteiger partial charge in [0.05, 0.1) is 0 Å². The summed E-state index contributed by atoms with van der Waals surface area (Å²) in [6.45, 7) is 10.1. The summed E-state index contributed by atoms with van der Waals surface area (Å²) in [4.78, 5) is 12.2. The molecule has 1 aromatic carbocycles. The zero-order chi connectivity index (χ0) is 15.1. The fraction of sp³-hybridized carbons (Fsp3) is 0.588. The standard InChI is InChI=1S/C17H27NO2/c1-6-8-14(5)18-17(19)15(7-2)20-16-11-12(3)9-10-13(16)4/h9-11,14-15H,6-8H2,1-5H3,(H,18,19). The lowest BCUT2D eigenvalue weighted by Crippen LogP contribution is -2.42. The Bertz CT molecular complexity index is 443. The van der Waals surface area contributed by atoms with Crippen molar-refractivity contribution >= 4 is 5.91 Å². The van der Waals surface area contributed by atoms with Gasteiger partial charge in [-0.15, -0.1) is 0 Å². The molecule has 3 heteroatoms. The van der Waals surface area contributed by atoms with Crippen LogP contribution in [0.15, 0.2) is 18.2 Å². The molecule has 1 aromatic rings. The number of rotatable bonds is 7. The first kappa shape index (κ1) is 16.5. The largest absolute Gasteiger partial charge is 0.480 e. The van der Waals surface area contributed by atoms with Crippen LogP contribution in [0.3, 0.4) is 0 Å². The number of carbonyl (C=O) groups is 1. The van der Waals surface area contributed by atoms with Crippen LogP contribution in [-0.2, 0) is 4.79 Å². The summed E-state index contributed by atoms with van der Waals surface area (Å²) < 4.78 is 5.90. The Balaban J connectivity index is 2.71. The zero-order valence-corrected chi connectivity index (χ0v) is 13.3. The summed E-state index contributed by atoms with van der Waals surface area (Å²) in [5.41, 5.74) is 2.20. The third kappa shape index (κ3) is 4.87. The Morgan fingerprint density at radius 3 is 2.60 bits per heavy atom. The molecule has 0 bridgehead atoms. The Labute approximate surface area is 122 Å². The van der Waals surface area contributed by atoms with Gasteiger partial charge in [0, 0.05) is 6.04 Å². The SMILES string of the molecule is CCCC(C)NC(=O)C(CC)Oc1cc(C)ccc1C. The van der Waals surface area contributed by atoms with Crippen molar-refractivity contribution in [1.29, 1.82) is 0 Å². The molecule has 0 aliphatic carbocycles. The van der Waals surface area contributed by atoms with E-state index in [-0.39, 0.29) is 11.9 Å². The first-order valence-electron chi connectivity index (χ1n) is 7.52. The van der Waals surface area contributed by atoms with Crippen LogP contribution in [0.2, 0.25) is 0 Å². The van der Waals surface area contributed by atoms with E-state index in [9.17, 15) is 4.79 Å². The van der Waals surface area contributed by atoms with E-state index in [1.165, 1.54) is 0 Å². The lowest BCUT2D eigenvalue weighted by atomic mass is 10.1. The summed E-state index contributed by atoms with van der Waals surface area (Å²) in [5.74, 6) is 0.782. The maximum Gasteiger partial charge on any atom is 0.261 e. The molecule has 112 valence electrons. The molecule has 2 unspecified atom stereocenters. The molecule has 0 spiro atoms. The number of nitrogens with one attached hydrogen (secondary N) is 1. The molecule has 0 radical (unpaired) electrons. The fourth-order valence-corrected chi connectivity index (χ4v) is 2.15. The van der Waals surface area contributed by atoms with Gasteiger partial charge < -0.3 is 10.1 Å². The molecule has 0 saturated heterocycles. The van der Waals surface area contributed by atoms with E-state index in [0.717, 1.165) is 29.7 Å². The van der Waals surface area contributed by atoms with Gasteiger partial charge in [0.1, 0.15) is 5.75 Å². The van der Waals surface area contributed by atoms with Gasteiger partial charge >= 0.3 is 0 Å². The predicted molar refractivity (Wildman–Crippen MR) is 83.1 cm³/mol. The van der Waals surface area contributed by atoms with Crippen LogP contribution in [0.25, 0.3) is 0 Å². The zero-order valence-electron chi connectivity index (χ0n) is 13.3. The number of hydrogen-bond acceptors (Lipinski definition) is 2. The minimum Gasteiger partial charge on any atom is -0.480 e. The monoisotopic (exact) mass is 277 g/mol. The first-order valence-corrected chi connectivity index (χ1v) is 7.52. The summed E-state index contributed by atoms with van der Waals surface area (Å²) in [6.07, 6.45) is 2.30. The van der Waals surface area contributed by atoms with Gasteiger partial charge in [0.15, 0.2) is 6.10 Å². The molecule has 1 N–H and O–H groups in total. The molecule has 0 aliphatic heterocycles. The normalized spacial score (nSPS) is 13.7. The van der Waals surface area contributed by atoms with Gasteiger partial charge in [-0.25, -0.2) is 0 Å². The van der Waals surface area contributed by atoms with Gasteiger partial charge in [0.2, 0.25) is 0 Å². The molecular formula is C17H27NO2. The molecule has 0 aromatic heterocycles. The van der Waals surface area contributed by atoms with E-state index < -0.39 is 6.10 Å². The second-order valence-corrected chi connectivity index (χ2v) is 5.48. The minimum absolute atomic E-state index is 0.0191. The highest BCUT2D eigenvalue weighted by Crippen LogP contribution is 2.21. The van der Waals surface area contributed by atoms with Gasteiger partial charge in [0.25, 0.3) is 5.91 Å². The highest BCUT2D eigenvalue weighted by Gasteiger charge is 2.20. The topological polar surface area (TPSA) is 38.3 Å². The second kappa shape index (κ2) is 7.93. The molecule has 0 saturated carbocycles. The molecule has 2 atom stereocenters. The van der Waals surface area contributed by atoms with E-state index in [1.54, 1.807) is 0 Å².